The predicted molar refractivity (Wildman–Crippen MR) is 121 cm³/mol. The molecule has 0 aliphatic carbocycles. The molecule has 0 fully saturated rings. The van der Waals surface area contributed by atoms with Gasteiger partial charge in [-0.05, 0) is 64.5 Å². The summed E-state index contributed by atoms with van der Waals surface area (Å²) < 4.78 is 51.4. The number of benzene rings is 4. The van der Waals surface area contributed by atoms with Crippen molar-refractivity contribution < 1.29 is 17.6 Å². The maximum Gasteiger partial charge on any atom is 0.146 e. The zero-order valence-corrected chi connectivity index (χ0v) is 17.8. The van der Waals surface area contributed by atoms with E-state index in [1.54, 1.807) is 66.7 Å². The molecule has 0 unspecified atom stereocenters. The van der Waals surface area contributed by atoms with Gasteiger partial charge in [-0.1, -0.05) is 48.5 Å². The molecule has 0 radical (unpaired) electrons. The van der Waals surface area contributed by atoms with Crippen LogP contribution in [0.2, 0.25) is 0 Å². The zero-order chi connectivity index (χ0) is 22.6. The molecule has 0 aromatic heterocycles. The summed E-state index contributed by atoms with van der Waals surface area (Å²) in [5.74, 6) is -1.37. The highest BCUT2D eigenvalue weighted by Gasteiger charge is 2.03. The van der Waals surface area contributed by atoms with Gasteiger partial charge in [0.2, 0.25) is 0 Å². The van der Waals surface area contributed by atoms with Crippen molar-refractivity contribution >= 4 is 33.0 Å². The summed E-state index contributed by atoms with van der Waals surface area (Å²) in [5.41, 5.74) is 5.88. The Morgan fingerprint density at radius 3 is 1.23 bits per heavy atom. The largest absolute Gasteiger partial charge is 0.396 e. The van der Waals surface area contributed by atoms with Crippen molar-refractivity contribution in [1.29, 1.82) is 0 Å². The van der Waals surface area contributed by atoms with Crippen LogP contribution >= 0.6 is 15.9 Å². The average molecular weight is 491 g/mol. The average Bonchev–Trinajstić information content (AvgIpc) is 2.76. The maximum absolute atomic E-state index is 13.2. The molecule has 0 spiro atoms. The molecular formula is C24H19BrF4N2. The maximum atomic E-state index is 13.2. The summed E-state index contributed by atoms with van der Waals surface area (Å²) in [6, 6.07) is 24.9. The molecule has 0 aliphatic heterocycles. The number of halogens is 5. The second kappa shape index (κ2) is 12.4. The molecule has 3 N–H and O–H groups in total. The molecule has 0 heterocycles. The molecule has 31 heavy (non-hydrogen) atoms. The second-order valence-corrected chi connectivity index (χ2v) is 6.87. The molecule has 0 saturated carbocycles. The van der Waals surface area contributed by atoms with Crippen LogP contribution in [0.25, 0.3) is 0 Å². The van der Waals surface area contributed by atoms with Crippen LogP contribution in [0.1, 0.15) is 0 Å². The summed E-state index contributed by atoms with van der Waals surface area (Å²) in [6.45, 7) is 0. The molecule has 4 aromatic rings. The van der Waals surface area contributed by atoms with Crippen LogP contribution in [0.3, 0.4) is 0 Å². The third-order valence-electron chi connectivity index (χ3n) is 3.75. The van der Waals surface area contributed by atoms with E-state index in [1.165, 1.54) is 30.3 Å². The van der Waals surface area contributed by atoms with Crippen molar-refractivity contribution in [2.75, 3.05) is 11.1 Å². The van der Waals surface area contributed by atoms with E-state index in [2.05, 4.69) is 21.2 Å². The number of anilines is 3. The van der Waals surface area contributed by atoms with Crippen molar-refractivity contribution in [1.82, 2.24) is 0 Å². The van der Waals surface area contributed by atoms with E-state index in [4.69, 9.17) is 5.73 Å². The SMILES string of the molecule is Fc1ccccc1Br.Fc1ccccc1Nc1ccccc1F.Nc1ccccc1F. The minimum atomic E-state index is -0.402. The predicted octanol–water partition coefficient (Wildman–Crippen LogP) is 7.70. The molecule has 0 amide bonds. The fourth-order valence-electron chi connectivity index (χ4n) is 2.18. The molecule has 2 nitrogen and oxygen atoms in total. The van der Waals surface area contributed by atoms with Crippen LogP contribution in [0.15, 0.2) is 102 Å². The normalized spacial score (nSPS) is 9.58. The standard InChI is InChI=1S/C12H9F2N.C6H4BrF.C6H6FN/c13-9-5-1-3-7-11(9)15-12-8-4-2-6-10(12)14;2*7-5-3-1-2-4-6(5)8/h1-8,15H;1-4H;1-4H,8H2. The number of hydrogen-bond acceptors (Lipinski definition) is 2. The molecular weight excluding hydrogens is 472 g/mol. The highest BCUT2D eigenvalue weighted by molar-refractivity contribution is 9.10. The fraction of sp³-hybridized carbons (Fsp3) is 0. The highest BCUT2D eigenvalue weighted by atomic mass is 79.9. The molecule has 0 bridgehead atoms. The number of nitrogen functional groups attached to an aromatic ring is 1. The monoisotopic (exact) mass is 490 g/mol. The lowest BCUT2D eigenvalue weighted by atomic mass is 10.2. The summed E-state index contributed by atoms with van der Waals surface area (Å²) in [5, 5.41) is 2.69. The van der Waals surface area contributed by atoms with E-state index < -0.39 is 11.6 Å². The van der Waals surface area contributed by atoms with E-state index in [0.717, 1.165) is 0 Å². The van der Waals surface area contributed by atoms with Gasteiger partial charge < -0.3 is 11.1 Å². The lowest BCUT2D eigenvalue weighted by Gasteiger charge is -2.07. The smallest absolute Gasteiger partial charge is 0.146 e. The van der Waals surface area contributed by atoms with Gasteiger partial charge in [-0.3, -0.25) is 0 Å². The Hall–Kier alpha value is -3.32. The Morgan fingerprint density at radius 1 is 0.516 bits per heavy atom. The van der Waals surface area contributed by atoms with Gasteiger partial charge in [0.1, 0.15) is 23.3 Å². The van der Waals surface area contributed by atoms with E-state index >= 15 is 0 Å². The van der Waals surface area contributed by atoms with Crippen LogP contribution in [0.5, 0.6) is 0 Å². The number of nitrogens with one attached hydrogen (secondary N) is 1. The Kier molecular flexibility index (Phi) is 9.58. The van der Waals surface area contributed by atoms with Gasteiger partial charge in [0.15, 0.2) is 0 Å². The lowest BCUT2D eigenvalue weighted by Crippen LogP contribution is -1.95. The topological polar surface area (TPSA) is 38.0 Å². The van der Waals surface area contributed by atoms with E-state index in [-0.39, 0.29) is 28.7 Å². The quantitative estimate of drug-likeness (QED) is 0.223. The van der Waals surface area contributed by atoms with E-state index in [9.17, 15) is 17.6 Å². The van der Waals surface area contributed by atoms with Gasteiger partial charge >= 0.3 is 0 Å². The summed E-state index contributed by atoms with van der Waals surface area (Å²) in [6.07, 6.45) is 0. The van der Waals surface area contributed by atoms with Crippen LogP contribution < -0.4 is 11.1 Å². The van der Waals surface area contributed by atoms with Crippen molar-refractivity contribution in [3.63, 3.8) is 0 Å². The number of para-hydroxylation sites is 3. The lowest BCUT2D eigenvalue weighted by molar-refractivity contribution is 0.621. The fourth-order valence-corrected chi connectivity index (χ4v) is 2.47. The molecule has 7 heteroatoms. The summed E-state index contributed by atoms with van der Waals surface area (Å²) in [7, 11) is 0. The van der Waals surface area contributed by atoms with Gasteiger partial charge in [-0.25, -0.2) is 17.6 Å². The van der Waals surface area contributed by atoms with Crippen LogP contribution in [-0.2, 0) is 0 Å². The zero-order valence-electron chi connectivity index (χ0n) is 16.2. The first-order chi connectivity index (χ1) is 14.9. The number of rotatable bonds is 2. The minimum Gasteiger partial charge on any atom is -0.396 e. The van der Waals surface area contributed by atoms with Crippen LogP contribution in [0, 0.1) is 23.3 Å². The molecule has 0 atom stereocenters. The van der Waals surface area contributed by atoms with Gasteiger partial charge in [0, 0.05) is 0 Å². The Morgan fingerprint density at radius 2 is 0.903 bits per heavy atom. The first kappa shape index (κ1) is 24.0. The van der Waals surface area contributed by atoms with Crippen LogP contribution in [0.4, 0.5) is 34.6 Å². The van der Waals surface area contributed by atoms with Gasteiger partial charge in [0.25, 0.3) is 0 Å². The molecule has 4 rings (SSSR count). The van der Waals surface area contributed by atoms with E-state index in [0.29, 0.717) is 4.47 Å². The summed E-state index contributed by atoms with van der Waals surface area (Å²) in [4.78, 5) is 0. The van der Waals surface area contributed by atoms with Gasteiger partial charge in [-0.2, -0.15) is 0 Å². The molecule has 0 aliphatic rings. The molecule has 0 saturated heterocycles. The summed E-state index contributed by atoms with van der Waals surface area (Å²) >= 11 is 3.02. The molecule has 160 valence electrons. The van der Waals surface area contributed by atoms with Gasteiger partial charge in [0.05, 0.1) is 21.5 Å². The van der Waals surface area contributed by atoms with Crippen molar-refractivity contribution in [3.05, 3.63) is 125 Å². The van der Waals surface area contributed by atoms with Gasteiger partial charge in [-0.15, -0.1) is 0 Å². The minimum absolute atomic E-state index is 0.201. The van der Waals surface area contributed by atoms with Crippen molar-refractivity contribution in [2.45, 2.75) is 0 Å². The first-order valence-corrected chi connectivity index (χ1v) is 9.84. The van der Waals surface area contributed by atoms with Crippen molar-refractivity contribution in [3.8, 4) is 0 Å². The Labute approximate surface area is 186 Å². The first-order valence-electron chi connectivity index (χ1n) is 9.04. The third-order valence-corrected chi connectivity index (χ3v) is 4.39. The second-order valence-electron chi connectivity index (χ2n) is 6.02. The number of hydrogen-bond donors (Lipinski definition) is 2. The highest BCUT2D eigenvalue weighted by Crippen LogP contribution is 2.21. The van der Waals surface area contributed by atoms with E-state index in [1.807, 2.05) is 0 Å². The van der Waals surface area contributed by atoms with Crippen molar-refractivity contribution in [2.24, 2.45) is 0 Å². The third kappa shape index (κ3) is 8.14. The van der Waals surface area contributed by atoms with Crippen LogP contribution in [-0.4, -0.2) is 0 Å². The Bertz CT molecular complexity index is 977. The Balaban J connectivity index is 0.000000181. The number of nitrogens with two attached hydrogens (primary N) is 1. The molecule has 4 aromatic carbocycles.